The van der Waals surface area contributed by atoms with Crippen molar-refractivity contribution in [1.29, 1.82) is 0 Å². The molecule has 0 atom stereocenters. The molecule has 1 N–H and O–H groups in total. The van der Waals surface area contributed by atoms with E-state index < -0.39 is 10.0 Å². The molecule has 1 saturated carbocycles. The number of amides is 1. The van der Waals surface area contributed by atoms with Crippen molar-refractivity contribution in [1.82, 2.24) is 9.62 Å². The fourth-order valence-corrected chi connectivity index (χ4v) is 4.42. The van der Waals surface area contributed by atoms with Gasteiger partial charge in [0, 0.05) is 30.2 Å². The molecule has 2 aromatic carbocycles. The van der Waals surface area contributed by atoms with Crippen molar-refractivity contribution in [3.8, 4) is 5.75 Å². The lowest BCUT2D eigenvalue weighted by Crippen LogP contribution is -2.28. The van der Waals surface area contributed by atoms with E-state index in [2.05, 4.69) is 4.72 Å². The third kappa shape index (κ3) is 4.80. The fraction of sp³-hybridized carbons (Fsp3) is 0.316. The van der Waals surface area contributed by atoms with Crippen LogP contribution < -0.4 is 9.46 Å². The zero-order chi connectivity index (χ0) is 19.6. The van der Waals surface area contributed by atoms with Crippen LogP contribution in [0, 0.1) is 0 Å². The second-order valence-corrected chi connectivity index (χ2v) is 8.67. The van der Waals surface area contributed by atoms with E-state index in [-0.39, 0.29) is 28.2 Å². The summed E-state index contributed by atoms with van der Waals surface area (Å²) in [5.41, 5.74) is 1.16. The van der Waals surface area contributed by atoms with Crippen molar-refractivity contribution in [2.24, 2.45) is 0 Å². The molecule has 1 fully saturated rings. The largest absolute Gasteiger partial charge is 0.495 e. The summed E-state index contributed by atoms with van der Waals surface area (Å²) >= 11 is 5.98. The number of ether oxygens (including phenoxy) is 1. The van der Waals surface area contributed by atoms with Crippen molar-refractivity contribution in [2.45, 2.75) is 30.3 Å². The van der Waals surface area contributed by atoms with Crippen LogP contribution >= 0.6 is 11.6 Å². The highest BCUT2D eigenvalue weighted by molar-refractivity contribution is 7.89. The van der Waals surface area contributed by atoms with Gasteiger partial charge in [-0.05, 0) is 48.7 Å². The normalized spacial score (nSPS) is 14.0. The van der Waals surface area contributed by atoms with Crippen molar-refractivity contribution >= 4 is 27.5 Å². The Bertz CT molecular complexity index is 958. The summed E-state index contributed by atoms with van der Waals surface area (Å²) in [5, 5.41) is 0.595. The number of rotatable bonds is 7. The van der Waals surface area contributed by atoms with Gasteiger partial charge in [-0.25, -0.2) is 13.1 Å². The Balaban J connectivity index is 1.85. The van der Waals surface area contributed by atoms with Crippen LogP contribution in [0.25, 0.3) is 0 Å². The number of methoxy groups -OCH3 is 1. The first-order valence-corrected chi connectivity index (χ1v) is 10.4. The summed E-state index contributed by atoms with van der Waals surface area (Å²) in [7, 11) is -0.691. The molecule has 0 aromatic heterocycles. The minimum absolute atomic E-state index is 0.0288. The molecule has 3 rings (SSSR count). The Morgan fingerprint density at radius 1 is 1.26 bits per heavy atom. The van der Waals surface area contributed by atoms with Crippen LogP contribution in [0.15, 0.2) is 47.4 Å². The van der Waals surface area contributed by atoms with Gasteiger partial charge < -0.3 is 9.64 Å². The Kier molecular flexibility index (Phi) is 5.74. The molecule has 0 aliphatic heterocycles. The van der Waals surface area contributed by atoms with Crippen LogP contribution in [0.2, 0.25) is 5.02 Å². The van der Waals surface area contributed by atoms with Gasteiger partial charge in [0.25, 0.3) is 5.91 Å². The van der Waals surface area contributed by atoms with Gasteiger partial charge in [-0.15, -0.1) is 0 Å². The standard InChI is InChI=1S/C19H21ClN2O4S/c1-22(12-13-4-3-5-15(20)10-13)19(23)14-6-9-17(26-2)18(11-14)27(24,25)21-16-7-8-16/h3-6,9-11,16,21H,7-8,12H2,1-2H3. The van der Waals surface area contributed by atoms with Gasteiger partial charge in [0.1, 0.15) is 10.6 Å². The van der Waals surface area contributed by atoms with Crippen molar-refractivity contribution < 1.29 is 17.9 Å². The van der Waals surface area contributed by atoms with Gasteiger partial charge in [0.2, 0.25) is 10.0 Å². The molecule has 0 heterocycles. The van der Waals surface area contributed by atoms with Crippen LogP contribution in [0.1, 0.15) is 28.8 Å². The predicted molar refractivity (Wildman–Crippen MR) is 104 cm³/mol. The molecule has 6 nitrogen and oxygen atoms in total. The zero-order valence-electron chi connectivity index (χ0n) is 15.1. The molecule has 144 valence electrons. The van der Waals surface area contributed by atoms with Gasteiger partial charge in [0.15, 0.2) is 0 Å². The first-order valence-electron chi connectivity index (χ1n) is 8.50. The molecular formula is C19H21ClN2O4S. The molecule has 2 aromatic rings. The van der Waals surface area contributed by atoms with Crippen LogP contribution in [0.4, 0.5) is 0 Å². The monoisotopic (exact) mass is 408 g/mol. The van der Waals surface area contributed by atoms with Gasteiger partial charge in [-0.2, -0.15) is 0 Å². The molecule has 0 unspecified atom stereocenters. The second kappa shape index (κ2) is 7.88. The minimum Gasteiger partial charge on any atom is -0.495 e. The molecule has 0 spiro atoms. The maximum atomic E-state index is 12.8. The quantitative estimate of drug-likeness (QED) is 0.763. The summed E-state index contributed by atoms with van der Waals surface area (Å²) in [6, 6.07) is 11.6. The van der Waals surface area contributed by atoms with Crippen molar-refractivity contribution in [3.05, 3.63) is 58.6 Å². The molecule has 1 aliphatic rings. The Morgan fingerprint density at radius 3 is 2.63 bits per heavy atom. The number of halogens is 1. The first-order chi connectivity index (χ1) is 12.8. The third-order valence-electron chi connectivity index (χ3n) is 4.25. The summed E-state index contributed by atoms with van der Waals surface area (Å²) in [6.45, 7) is 0.355. The number of carbonyl (C=O) groups is 1. The first kappa shape index (κ1) is 19.7. The van der Waals surface area contributed by atoms with Crippen molar-refractivity contribution in [2.75, 3.05) is 14.2 Å². The molecule has 1 amide bonds. The highest BCUT2D eigenvalue weighted by Crippen LogP contribution is 2.28. The number of hydrogen-bond acceptors (Lipinski definition) is 4. The number of nitrogens with zero attached hydrogens (tertiary/aromatic N) is 1. The van der Waals surface area contributed by atoms with Gasteiger partial charge in [-0.1, -0.05) is 23.7 Å². The SMILES string of the molecule is COc1ccc(C(=O)N(C)Cc2cccc(Cl)c2)cc1S(=O)(=O)NC1CC1. The molecule has 8 heteroatoms. The molecule has 0 radical (unpaired) electrons. The topological polar surface area (TPSA) is 75.7 Å². The minimum atomic E-state index is -3.75. The lowest BCUT2D eigenvalue weighted by atomic mass is 10.1. The molecule has 1 aliphatic carbocycles. The Hall–Kier alpha value is -2.09. The third-order valence-corrected chi connectivity index (χ3v) is 6.03. The number of benzene rings is 2. The lowest BCUT2D eigenvalue weighted by Gasteiger charge is -2.19. The van der Waals surface area contributed by atoms with E-state index in [4.69, 9.17) is 16.3 Å². The molecule has 0 bridgehead atoms. The number of hydrogen-bond donors (Lipinski definition) is 1. The second-order valence-electron chi connectivity index (χ2n) is 6.55. The highest BCUT2D eigenvalue weighted by Gasteiger charge is 2.30. The summed E-state index contributed by atoms with van der Waals surface area (Å²) in [5.74, 6) is -0.0855. The zero-order valence-corrected chi connectivity index (χ0v) is 16.7. The molecule has 0 saturated heterocycles. The predicted octanol–water partition coefficient (Wildman–Crippen LogP) is 3.06. The average Bonchev–Trinajstić information content (AvgIpc) is 3.43. The number of nitrogens with one attached hydrogen (secondary N) is 1. The number of carbonyl (C=O) groups excluding carboxylic acids is 1. The van der Waals surface area contributed by atoms with E-state index in [9.17, 15) is 13.2 Å². The lowest BCUT2D eigenvalue weighted by molar-refractivity contribution is 0.0785. The smallest absolute Gasteiger partial charge is 0.253 e. The average molecular weight is 409 g/mol. The summed E-state index contributed by atoms with van der Waals surface area (Å²) in [4.78, 5) is 14.3. The van der Waals surface area contributed by atoms with E-state index in [1.165, 1.54) is 24.1 Å². The van der Waals surface area contributed by atoms with Gasteiger partial charge >= 0.3 is 0 Å². The summed E-state index contributed by atoms with van der Waals surface area (Å²) < 4.78 is 33.0. The van der Waals surface area contributed by atoms with Crippen LogP contribution in [-0.2, 0) is 16.6 Å². The van der Waals surface area contributed by atoms with Gasteiger partial charge in [0.05, 0.1) is 7.11 Å². The molecular weight excluding hydrogens is 388 g/mol. The maximum absolute atomic E-state index is 12.8. The van der Waals surface area contributed by atoms with Crippen LogP contribution in [0.5, 0.6) is 5.75 Å². The number of sulfonamides is 1. The van der Waals surface area contributed by atoms with Crippen LogP contribution in [-0.4, -0.2) is 39.4 Å². The van der Waals surface area contributed by atoms with Crippen molar-refractivity contribution in [3.63, 3.8) is 0 Å². The molecule has 27 heavy (non-hydrogen) atoms. The fourth-order valence-electron chi connectivity index (χ4n) is 2.71. The van der Waals surface area contributed by atoms with E-state index in [0.717, 1.165) is 18.4 Å². The Morgan fingerprint density at radius 2 is 2.00 bits per heavy atom. The van der Waals surface area contributed by atoms with E-state index in [0.29, 0.717) is 11.6 Å². The van der Waals surface area contributed by atoms with Crippen LogP contribution in [0.3, 0.4) is 0 Å². The summed E-state index contributed by atoms with van der Waals surface area (Å²) in [6.07, 6.45) is 1.64. The maximum Gasteiger partial charge on any atom is 0.253 e. The van der Waals surface area contributed by atoms with E-state index >= 15 is 0 Å². The highest BCUT2D eigenvalue weighted by atomic mass is 35.5. The van der Waals surface area contributed by atoms with E-state index in [1.54, 1.807) is 25.2 Å². The Labute approximate surface area is 164 Å². The van der Waals surface area contributed by atoms with Gasteiger partial charge in [-0.3, -0.25) is 4.79 Å². The van der Waals surface area contributed by atoms with E-state index in [1.807, 2.05) is 12.1 Å².